The van der Waals surface area contributed by atoms with Gasteiger partial charge in [-0.15, -0.1) is 0 Å². The van der Waals surface area contributed by atoms with Gasteiger partial charge in [0.2, 0.25) is 23.6 Å². The number of ether oxygens (including phenoxy) is 2. The van der Waals surface area contributed by atoms with E-state index in [0.717, 1.165) is 18.1 Å². The minimum absolute atomic E-state index is 0.0519. The zero-order valence-electron chi connectivity index (χ0n) is 23.1. The number of fused-ring (bicyclic) bond motifs is 4. The standard InChI is InChI=1S/C30H25ClFIN2O8/c1-30-17(26(38)34(28(30)40)13-4-7-19(32)18(31)10-13)11-16-14(23(30)12-8-20(33)24(36)21(9-12)42-2)5-6-15-22(16)27(39)35(25(15)37)29(41)43-3/h4-5,7-10,15-17,22-23,36H,6,11H2,1-3H3/t15-,16+,17-,22-,23-,30+/m0/s1. The van der Waals surface area contributed by atoms with E-state index >= 15 is 0 Å². The number of phenolic OH excluding ortho intramolecular Hbond substituents is 1. The van der Waals surface area contributed by atoms with Gasteiger partial charge in [-0.05, 0) is 84.2 Å². The van der Waals surface area contributed by atoms with Crippen molar-refractivity contribution in [3.63, 3.8) is 0 Å². The van der Waals surface area contributed by atoms with Crippen LogP contribution in [0.2, 0.25) is 5.02 Å². The Morgan fingerprint density at radius 3 is 2.47 bits per heavy atom. The summed E-state index contributed by atoms with van der Waals surface area (Å²) in [5.41, 5.74) is -0.0435. The quantitative estimate of drug-likeness (QED) is 0.272. The smallest absolute Gasteiger partial charge is 0.423 e. The van der Waals surface area contributed by atoms with Crippen molar-refractivity contribution in [3.05, 3.63) is 62.0 Å². The Morgan fingerprint density at radius 2 is 1.81 bits per heavy atom. The maximum Gasteiger partial charge on any atom is 0.423 e. The number of anilines is 1. The first kappa shape index (κ1) is 29.5. The van der Waals surface area contributed by atoms with E-state index in [1.165, 1.54) is 19.2 Å². The first-order valence-corrected chi connectivity index (χ1v) is 14.9. The fourth-order valence-electron chi connectivity index (χ4n) is 7.45. The number of nitrogens with zero attached hydrogens (tertiary/aromatic N) is 2. The number of rotatable bonds is 3. The first-order chi connectivity index (χ1) is 20.4. The maximum absolute atomic E-state index is 14.4. The Bertz CT molecular complexity index is 1680. The number of phenols is 1. The lowest BCUT2D eigenvalue weighted by molar-refractivity contribution is -0.138. The molecule has 3 fully saturated rings. The zero-order valence-corrected chi connectivity index (χ0v) is 26.0. The Hall–Kier alpha value is -3.52. The number of halogens is 3. The van der Waals surface area contributed by atoms with Gasteiger partial charge in [0.1, 0.15) is 5.82 Å². The fourth-order valence-corrected chi connectivity index (χ4v) is 8.25. The number of likely N-dealkylation sites (tertiary alicyclic amines) is 1. The molecule has 2 saturated heterocycles. The van der Waals surface area contributed by atoms with E-state index < -0.39 is 70.5 Å². The monoisotopic (exact) mass is 722 g/mol. The molecule has 2 aliphatic carbocycles. The first-order valence-electron chi connectivity index (χ1n) is 13.4. The second-order valence-electron chi connectivity index (χ2n) is 11.3. The van der Waals surface area contributed by atoms with Gasteiger partial charge in [-0.2, -0.15) is 4.90 Å². The van der Waals surface area contributed by atoms with Gasteiger partial charge in [0, 0.05) is 5.92 Å². The molecule has 0 radical (unpaired) electrons. The molecule has 10 nitrogen and oxygen atoms in total. The van der Waals surface area contributed by atoms with Gasteiger partial charge in [-0.25, -0.2) is 14.1 Å². The van der Waals surface area contributed by atoms with Crippen LogP contribution in [-0.4, -0.2) is 53.9 Å². The van der Waals surface area contributed by atoms with Gasteiger partial charge in [-0.1, -0.05) is 23.3 Å². The molecule has 0 unspecified atom stereocenters. The van der Waals surface area contributed by atoms with E-state index in [0.29, 0.717) is 19.6 Å². The van der Waals surface area contributed by atoms with Crippen LogP contribution in [0.3, 0.4) is 0 Å². The fraction of sp³-hybridized carbons (Fsp3) is 0.367. The van der Waals surface area contributed by atoms with Crippen LogP contribution in [0.5, 0.6) is 11.5 Å². The van der Waals surface area contributed by atoms with Crippen LogP contribution in [0.1, 0.15) is 31.2 Å². The molecule has 43 heavy (non-hydrogen) atoms. The van der Waals surface area contributed by atoms with Crippen molar-refractivity contribution in [1.29, 1.82) is 0 Å². The molecule has 5 amide bonds. The minimum atomic E-state index is -1.38. The van der Waals surface area contributed by atoms with E-state index in [4.69, 9.17) is 21.1 Å². The minimum Gasteiger partial charge on any atom is -0.504 e. The van der Waals surface area contributed by atoms with Crippen LogP contribution in [0, 0.1) is 38.5 Å². The lowest BCUT2D eigenvalue weighted by Crippen LogP contribution is -2.49. The number of amides is 5. The Balaban J connectivity index is 1.55. The van der Waals surface area contributed by atoms with E-state index in [9.17, 15) is 33.5 Å². The number of hydrogen-bond acceptors (Lipinski definition) is 8. The molecule has 6 atom stereocenters. The number of benzene rings is 2. The van der Waals surface area contributed by atoms with Crippen LogP contribution < -0.4 is 9.64 Å². The summed E-state index contributed by atoms with van der Waals surface area (Å²) in [4.78, 5) is 69.3. The predicted molar refractivity (Wildman–Crippen MR) is 158 cm³/mol. The van der Waals surface area contributed by atoms with Crippen molar-refractivity contribution in [3.8, 4) is 11.5 Å². The molecule has 0 bridgehead atoms. The zero-order chi connectivity index (χ0) is 31.1. The third-order valence-corrected chi connectivity index (χ3v) is 10.5. The molecule has 4 aliphatic rings. The summed E-state index contributed by atoms with van der Waals surface area (Å²) in [5.74, 6) is -7.31. The molecule has 0 aromatic heterocycles. The van der Waals surface area contributed by atoms with Gasteiger partial charge < -0.3 is 14.6 Å². The highest BCUT2D eigenvalue weighted by molar-refractivity contribution is 14.1. The summed E-state index contributed by atoms with van der Waals surface area (Å²) >= 11 is 7.97. The van der Waals surface area contributed by atoms with Gasteiger partial charge in [-0.3, -0.25) is 19.2 Å². The van der Waals surface area contributed by atoms with E-state index in [1.807, 2.05) is 28.7 Å². The Labute approximate surface area is 263 Å². The number of hydrogen-bond donors (Lipinski definition) is 1. The third-order valence-electron chi connectivity index (χ3n) is 9.40. The molecule has 1 saturated carbocycles. The van der Waals surface area contributed by atoms with E-state index in [1.54, 1.807) is 19.1 Å². The van der Waals surface area contributed by atoms with Crippen LogP contribution in [-0.2, 0) is 23.9 Å². The number of imide groups is 4. The molecule has 2 aliphatic heterocycles. The predicted octanol–water partition coefficient (Wildman–Crippen LogP) is 4.80. The van der Waals surface area contributed by atoms with Gasteiger partial charge in [0.15, 0.2) is 11.5 Å². The van der Waals surface area contributed by atoms with Crippen molar-refractivity contribution in [2.24, 2.45) is 29.1 Å². The lowest BCUT2D eigenvalue weighted by atomic mass is 9.51. The second-order valence-corrected chi connectivity index (χ2v) is 12.9. The number of methoxy groups -OCH3 is 2. The molecule has 2 aromatic carbocycles. The summed E-state index contributed by atoms with van der Waals surface area (Å²) in [6.45, 7) is 1.69. The number of aromatic hydroxyl groups is 1. The third kappa shape index (κ3) is 4.05. The SMILES string of the molecule is COC(=O)N1C(=O)[C@H]2[C@H](CC=C3[C@H]2C[C@H]2C(=O)N(c4ccc(F)c(Cl)c4)C(=O)[C@@]2(C)[C@H]3c2cc(I)c(O)c(OC)c2)C1=O. The maximum atomic E-state index is 14.4. The molecule has 0 spiro atoms. The van der Waals surface area contributed by atoms with Crippen molar-refractivity contribution >= 4 is 69.6 Å². The number of carbonyl (C=O) groups excluding carboxylic acids is 5. The summed E-state index contributed by atoms with van der Waals surface area (Å²) in [6.07, 6.45) is 0.937. The summed E-state index contributed by atoms with van der Waals surface area (Å²) in [5, 5.41) is 10.3. The van der Waals surface area contributed by atoms with Gasteiger partial charge in [0.05, 0.1) is 51.7 Å². The van der Waals surface area contributed by atoms with Crippen molar-refractivity contribution < 1.29 is 42.9 Å². The van der Waals surface area contributed by atoms with Gasteiger partial charge >= 0.3 is 6.09 Å². The van der Waals surface area contributed by atoms with Gasteiger partial charge in [0.25, 0.3) is 0 Å². The molecule has 6 rings (SSSR count). The highest BCUT2D eigenvalue weighted by Crippen LogP contribution is 2.64. The Morgan fingerprint density at radius 1 is 1.09 bits per heavy atom. The molecular formula is C30H25ClFIN2O8. The Kier molecular flexibility index (Phi) is 7.07. The summed E-state index contributed by atoms with van der Waals surface area (Å²) in [6, 6.07) is 6.87. The molecule has 2 aromatic rings. The van der Waals surface area contributed by atoms with Crippen LogP contribution in [0.25, 0.3) is 0 Å². The molecule has 1 N–H and O–H groups in total. The molecule has 13 heteroatoms. The largest absolute Gasteiger partial charge is 0.504 e. The average molecular weight is 723 g/mol. The average Bonchev–Trinajstić information content (AvgIpc) is 3.35. The number of allylic oxidation sites excluding steroid dienone is 2. The van der Waals surface area contributed by atoms with Crippen molar-refractivity contribution in [1.82, 2.24) is 4.90 Å². The summed E-state index contributed by atoms with van der Waals surface area (Å²) in [7, 11) is 2.47. The van der Waals surface area contributed by atoms with Crippen molar-refractivity contribution in [2.45, 2.75) is 25.7 Å². The number of carbonyl (C=O) groups is 5. The van der Waals surface area contributed by atoms with E-state index in [-0.39, 0.29) is 35.1 Å². The highest BCUT2D eigenvalue weighted by atomic mass is 127. The van der Waals surface area contributed by atoms with Crippen LogP contribution in [0.15, 0.2) is 42.0 Å². The summed E-state index contributed by atoms with van der Waals surface area (Å²) < 4.78 is 24.6. The molecule has 224 valence electrons. The van der Waals surface area contributed by atoms with Crippen LogP contribution in [0.4, 0.5) is 14.9 Å². The molecular weight excluding hydrogens is 698 g/mol. The second kappa shape index (κ2) is 10.3. The topological polar surface area (TPSA) is 131 Å². The van der Waals surface area contributed by atoms with Crippen LogP contribution >= 0.6 is 34.2 Å². The molecule has 2 heterocycles. The highest BCUT2D eigenvalue weighted by Gasteiger charge is 2.68. The lowest BCUT2D eigenvalue weighted by Gasteiger charge is -2.49. The van der Waals surface area contributed by atoms with E-state index in [2.05, 4.69) is 0 Å². The normalized spacial score (nSPS) is 29.7. The van der Waals surface area contributed by atoms with Crippen molar-refractivity contribution in [2.75, 3.05) is 19.1 Å².